The molecule has 0 amide bonds. The first kappa shape index (κ1) is 7.65. The van der Waals surface area contributed by atoms with Gasteiger partial charge in [0, 0.05) is 6.07 Å². The maximum absolute atomic E-state index is 12.0. The highest BCUT2D eigenvalue weighted by Gasteiger charge is 2.10. The number of nitro benzene ring substituents is 1. The van der Waals surface area contributed by atoms with E-state index in [0.717, 1.165) is 0 Å². The third-order valence-electron chi connectivity index (χ3n) is 1.33. The molecule has 0 bridgehead atoms. The number of rotatable bonds is 2. The van der Waals surface area contributed by atoms with Crippen molar-refractivity contribution < 1.29 is 9.31 Å². The average molecular weight is 155 g/mol. The number of halogens is 1. The van der Waals surface area contributed by atoms with Crippen LogP contribution in [0.3, 0.4) is 0 Å². The molecule has 4 heteroatoms. The van der Waals surface area contributed by atoms with Crippen molar-refractivity contribution in [3.05, 3.63) is 39.9 Å². The Balaban J connectivity index is 3.12. The molecule has 0 fully saturated rings. The predicted octanol–water partition coefficient (Wildman–Crippen LogP) is 2.06. The minimum absolute atomic E-state index is 0.123. The maximum atomic E-state index is 12.0. The molecule has 0 aliphatic heterocycles. The molecular formula is C7H6FNO2. The smallest absolute Gasteiger partial charge is 0.258 e. The quantitative estimate of drug-likeness (QED) is 0.484. The molecule has 58 valence electrons. The fourth-order valence-electron chi connectivity index (χ4n) is 0.802. The van der Waals surface area contributed by atoms with Crippen LogP contribution in [0.4, 0.5) is 10.1 Å². The number of para-hydroxylation sites is 1. The average Bonchev–Trinajstić information content (AvgIpc) is 2.04. The number of benzene rings is 1. The fourth-order valence-corrected chi connectivity index (χ4v) is 0.802. The number of nitro groups is 1. The van der Waals surface area contributed by atoms with Crippen molar-refractivity contribution in [1.82, 2.24) is 0 Å². The third kappa shape index (κ3) is 1.52. The molecule has 1 aromatic rings. The molecular weight excluding hydrogens is 149 g/mol. The van der Waals surface area contributed by atoms with Gasteiger partial charge in [0.1, 0.15) is 6.67 Å². The van der Waals surface area contributed by atoms with Gasteiger partial charge in [-0.3, -0.25) is 10.1 Å². The largest absolute Gasteiger partial charge is 0.275 e. The van der Waals surface area contributed by atoms with E-state index in [9.17, 15) is 14.5 Å². The van der Waals surface area contributed by atoms with Crippen LogP contribution in [-0.2, 0) is 6.67 Å². The number of hydrogen-bond donors (Lipinski definition) is 0. The van der Waals surface area contributed by atoms with Gasteiger partial charge in [-0.15, -0.1) is 0 Å². The number of alkyl halides is 1. The van der Waals surface area contributed by atoms with E-state index in [0.29, 0.717) is 0 Å². The molecule has 0 spiro atoms. The molecule has 0 radical (unpaired) electrons. The van der Waals surface area contributed by atoms with Crippen LogP contribution in [0.25, 0.3) is 0 Å². The van der Waals surface area contributed by atoms with E-state index in [4.69, 9.17) is 0 Å². The lowest BCUT2D eigenvalue weighted by molar-refractivity contribution is -0.385. The molecule has 0 N–H and O–H groups in total. The topological polar surface area (TPSA) is 43.1 Å². The molecule has 0 aromatic heterocycles. The monoisotopic (exact) mass is 155 g/mol. The SMILES string of the molecule is O=[N+]([O-])c1ccccc1CF. The summed E-state index contributed by atoms with van der Waals surface area (Å²) in [4.78, 5) is 9.63. The molecule has 0 heterocycles. The Kier molecular flexibility index (Phi) is 2.15. The molecule has 1 aromatic carbocycles. The van der Waals surface area contributed by atoms with Crippen molar-refractivity contribution in [1.29, 1.82) is 0 Å². The minimum atomic E-state index is -0.794. The molecule has 0 atom stereocenters. The molecule has 1 rings (SSSR count). The van der Waals surface area contributed by atoms with Crippen LogP contribution in [0.1, 0.15) is 5.56 Å². The molecule has 0 aliphatic rings. The summed E-state index contributed by atoms with van der Waals surface area (Å²) >= 11 is 0. The summed E-state index contributed by atoms with van der Waals surface area (Å²) in [7, 11) is 0. The van der Waals surface area contributed by atoms with Gasteiger partial charge in [-0.1, -0.05) is 12.1 Å². The Morgan fingerprint density at radius 2 is 2.09 bits per heavy atom. The van der Waals surface area contributed by atoms with E-state index in [1.807, 2.05) is 0 Å². The summed E-state index contributed by atoms with van der Waals surface area (Å²) in [5.74, 6) is 0. The number of hydrogen-bond acceptors (Lipinski definition) is 2. The standard InChI is InChI=1S/C7H6FNO2/c8-5-6-3-1-2-4-7(6)9(10)11/h1-4H,5H2. The predicted molar refractivity (Wildman–Crippen MR) is 37.9 cm³/mol. The second-order valence-corrected chi connectivity index (χ2v) is 2.02. The first-order valence-corrected chi connectivity index (χ1v) is 3.04. The van der Waals surface area contributed by atoms with Crippen LogP contribution in [0.2, 0.25) is 0 Å². The Morgan fingerprint density at radius 1 is 1.45 bits per heavy atom. The summed E-state index contributed by atoms with van der Waals surface area (Å²) in [6, 6.07) is 5.77. The van der Waals surface area contributed by atoms with Crippen LogP contribution in [0.5, 0.6) is 0 Å². The highest BCUT2D eigenvalue weighted by atomic mass is 19.1. The van der Waals surface area contributed by atoms with Crippen LogP contribution in [0, 0.1) is 10.1 Å². The van der Waals surface area contributed by atoms with Gasteiger partial charge in [-0.25, -0.2) is 4.39 Å². The van der Waals surface area contributed by atoms with E-state index < -0.39 is 11.6 Å². The van der Waals surface area contributed by atoms with Crippen LogP contribution in [-0.4, -0.2) is 4.92 Å². The highest BCUT2D eigenvalue weighted by molar-refractivity contribution is 5.38. The van der Waals surface area contributed by atoms with Crippen molar-refractivity contribution in [2.75, 3.05) is 0 Å². The molecule has 0 saturated heterocycles. The summed E-state index contributed by atoms with van der Waals surface area (Å²) in [5, 5.41) is 10.2. The van der Waals surface area contributed by atoms with Crippen molar-refractivity contribution in [3.63, 3.8) is 0 Å². The van der Waals surface area contributed by atoms with Crippen molar-refractivity contribution in [3.8, 4) is 0 Å². The third-order valence-corrected chi connectivity index (χ3v) is 1.33. The summed E-state index contributed by atoms with van der Waals surface area (Å²) in [6.45, 7) is -0.794. The van der Waals surface area contributed by atoms with Gasteiger partial charge in [-0.2, -0.15) is 0 Å². The second-order valence-electron chi connectivity index (χ2n) is 2.02. The molecule has 0 unspecified atom stereocenters. The van der Waals surface area contributed by atoms with Gasteiger partial charge >= 0.3 is 0 Å². The molecule has 0 aliphatic carbocycles. The first-order chi connectivity index (χ1) is 5.25. The lowest BCUT2D eigenvalue weighted by atomic mass is 10.2. The zero-order valence-corrected chi connectivity index (χ0v) is 5.66. The van der Waals surface area contributed by atoms with Crippen molar-refractivity contribution in [2.45, 2.75) is 6.67 Å². The summed E-state index contributed by atoms with van der Waals surface area (Å²) in [5.41, 5.74) is -0.0347. The Morgan fingerprint density at radius 3 is 2.55 bits per heavy atom. The Labute approximate surface area is 62.6 Å². The van der Waals surface area contributed by atoms with Crippen molar-refractivity contribution in [2.24, 2.45) is 0 Å². The Hall–Kier alpha value is -1.45. The fraction of sp³-hybridized carbons (Fsp3) is 0.143. The van der Waals surface area contributed by atoms with Crippen LogP contribution >= 0.6 is 0 Å². The maximum Gasteiger partial charge on any atom is 0.275 e. The first-order valence-electron chi connectivity index (χ1n) is 3.04. The van der Waals surface area contributed by atoms with Crippen LogP contribution in [0.15, 0.2) is 24.3 Å². The van der Waals surface area contributed by atoms with Gasteiger partial charge in [0.2, 0.25) is 0 Å². The van der Waals surface area contributed by atoms with Gasteiger partial charge in [-0.05, 0) is 6.07 Å². The van der Waals surface area contributed by atoms with Gasteiger partial charge in [0.25, 0.3) is 5.69 Å². The number of nitrogens with zero attached hydrogens (tertiary/aromatic N) is 1. The van der Waals surface area contributed by atoms with Gasteiger partial charge < -0.3 is 0 Å². The normalized spacial score (nSPS) is 9.55. The minimum Gasteiger partial charge on any atom is -0.258 e. The highest BCUT2D eigenvalue weighted by Crippen LogP contribution is 2.17. The summed E-state index contributed by atoms with van der Waals surface area (Å²) in [6.07, 6.45) is 0. The Bertz CT molecular complexity index is 275. The van der Waals surface area contributed by atoms with E-state index in [1.54, 1.807) is 6.07 Å². The lowest BCUT2D eigenvalue weighted by Gasteiger charge is -1.94. The van der Waals surface area contributed by atoms with Gasteiger partial charge in [0.05, 0.1) is 10.5 Å². The molecule has 11 heavy (non-hydrogen) atoms. The van der Waals surface area contributed by atoms with E-state index in [1.165, 1.54) is 18.2 Å². The van der Waals surface area contributed by atoms with E-state index in [2.05, 4.69) is 0 Å². The zero-order chi connectivity index (χ0) is 8.27. The molecule has 0 saturated carbocycles. The van der Waals surface area contributed by atoms with Crippen molar-refractivity contribution >= 4 is 5.69 Å². The van der Waals surface area contributed by atoms with Gasteiger partial charge in [0.15, 0.2) is 0 Å². The van der Waals surface area contributed by atoms with Crippen LogP contribution < -0.4 is 0 Å². The summed E-state index contributed by atoms with van der Waals surface area (Å²) < 4.78 is 12.0. The second kappa shape index (κ2) is 3.09. The van der Waals surface area contributed by atoms with E-state index >= 15 is 0 Å². The van der Waals surface area contributed by atoms with E-state index in [-0.39, 0.29) is 11.3 Å². The lowest BCUT2D eigenvalue weighted by Crippen LogP contribution is -1.92. The zero-order valence-electron chi connectivity index (χ0n) is 5.66. The molecule has 3 nitrogen and oxygen atoms in total.